The van der Waals surface area contributed by atoms with Crippen LogP contribution in [0.15, 0.2) is 28.4 Å². The quantitative estimate of drug-likeness (QED) is 0.910. The van der Waals surface area contributed by atoms with Gasteiger partial charge in [0.2, 0.25) is 0 Å². The SMILES string of the molecule is CC(CNc1c(N)cncc1Br)c1nccs1. The van der Waals surface area contributed by atoms with E-state index in [2.05, 4.69) is 38.1 Å². The Bertz CT molecular complexity index is 466. The molecule has 1 unspecified atom stereocenters. The summed E-state index contributed by atoms with van der Waals surface area (Å²) in [7, 11) is 0. The molecule has 2 rings (SSSR count). The van der Waals surface area contributed by atoms with Gasteiger partial charge in [0, 0.05) is 30.2 Å². The standard InChI is InChI=1S/C11H13BrN4S/c1-7(11-15-2-3-17-11)4-16-10-8(12)5-14-6-9(10)13/h2-3,5-7H,4,13H2,1H3,(H,14,16). The Morgan fingerprint density at radius 1 is 1.53 bits per heavy atom. The fourth-order valence-corrected chi connectivity index (χ4v) is 2.64. The zero-order valence-corrected chi connectivity index (χ0v) is 11.8. The third-order valence-electron chi connectivity index (χ3n) is 2.39. The van der Waals surface area contributed by atoms with Crippen molar-refractivity contribution in [1.29, 1.82) is 0 Å². The number of hydrogen-bond acceptors (Lipinski definition) is 5. The molecule has 0 amide bonds. The summed E-state index contributed by atoms with van der Waals surface area (Å²) in [5, 5.41) is 6.44. The number of thiazole rings is 1. The van der Waals surface area contributed by atoms with Gasteiger partial charge in [-0.15, -0.1) is 11.3 Å². The smallest absolute Gasteiger partial charge is 0.0970 e. The van der Waals surface area contributed by atoms with Crippen LogP contribution in [-0.4, -0.2) is 16.5 Å². The number of aromatic nitrogens is 2. The molecule has 0 radical (unpaired) electrons. The predicted octanol–water partition coefficient (Wildman–Crippen LogP) is 3.10. The summed E-state index contributed by atoms with van der Waals surface area (Å²) in [6.07, 6.45) is 5.20. The van der Waals surface area contributed by atoms with Crippen molar-refractivity contribution in [1.82, 2.24) is 9.97 Å². The van der Waals surface area contributed by atoms with Gasteiger partial charge < -0.3 is 11.1 Å². The van der Waals surface area contributed by atoms with E-state index in [1.807, 2.05) is 11.6 Å². The Hall–Kier alpha value is -1.14. The molecule has 90 valence electrons. The minimum Gasteiger partial charge on any atom is -0.396 e. The topological polar surface area (TPSA) is 63.8 Å². The van der Waals surface area contributed by atoms with Gasteiger partial charge in [0.15, 0.2) is 0 Å². The highest BCUT2D eigenvalue weighted by Crippen LogP contribution is 2.28. The number of hydrogen-bond donors (Lipinski definition) is 2. The molecule has 0 aliphatic carbocycles. The second kappa shape index (κ2) is 5.46. The summed E-state index contributed by atoms with van der Waals surface area (Å²) in [6, 6.07) is 0. The minimum absolute atomic E-state index is 0.356. The first kappa shape index (κ1) is 12.3. The minimum atomic E-state index is 0.356. The van der Waals surface area contributed by atoms with Crippen molar-refractivity contribution in [3.05, 3.63) is 33.5 Å². The van der Waals surface area contributed by atoms with E-state index in [1.54, 1.807) is 23.7 Å². The normalized spacial score (nSPS) is 12.4. The number of nitrogens with one attached hydrogen (secondary N) is 1. The average Bonchev–Trinajstić information content (AvgIpc) is 2.81. The second-order valence-corrected chi connectivity index (χ2v) is 5.52. The molecule has 17 heavy (non-hydrogen) atoms. The average molecular weight is 313 g/mol. The fourth-order valence-electron chi connectivity index (χ4n) is 1.46. The molecule has 0 aliphatic rings. The van der Waals surface area contributed by atoms with E-state index in [4.69, 9.17) is 5.73 Å². The number of anilines is 2. The van der Waals surface area contributed by atoms with E-state index in [0.29, 0.717) is 11.6 Å². The van der Waals surface area contributed by atoms with Gasteiger partial charge in [-0.1, -0.05) is 6.92 Å². The third-order valence-corrected chi connectivity index (χ3v) is 4.00. The van der Waals surface area contributed by atoms with Gasteiger partial charge >= 0.3 is 0 Å². The van der Waals surface area contributed by atoms with Gasteiger partial charge in [0.05, 0.1) is 27.1 Å². The van der Waals surface area contributed by atoms with Crippen LogP contribution in [0.1, 0.15) is 17.8 Å². The molecule has 6 heteroatoms. The third kappa shape index (κ3) is 2.95. The largest absolute Gasteiger partial charge is 0.396 e. The van der Waals surface area contributed by atoms with Crippen LogP contribution in [-0.2, 0) is 0 Å². The van der Waals surface area contributed by atoms with E-state index in [-0.39, 0.29) is 0 Å². The molecule has 0 spiro atoms. The Balaban J connectivity index is 2.03. The van der Waals surface area contributed by atoms with Crippen LogP contribution in [0.3, 0.4) is 0 Å². The zero-order chi connectivity index (χ0) is 12.3. The number of halogens is 1. The van der Waals surface area contributed by atoms with Crippen LogP contribution >= 0.6 is 27.3 Å². The van der Waals surface area contributed by atoms with Crippen LogP contribution in [0.25, 0.3) is 0 Å². The number of nitrogen functional groups attached to an aromatic ring is 1. The molecule has 0 aromatic carbocycles. The lowest BCUT2D eigenvalue weighted by Crippen LogP contribution is -2.11. The maximum atomic E-state index is 5.86. The lowest BCUT2D eigenvalue weighted by molar-refractivity contribution is 0.795. The molecular formula is C11H13BrN4S. The second-order valence-electron chi connectivity index (χ2n) is 3.74. The van der Waals surface area contributed by atoms with Crippen LogP contribution < -0.4 is 11.1 Å². The first-order chi connectivity index (χ1) is 8.18. The van der Waals surface area contributed by atoms with E-state index < -0.39 is 0 Å². The lowest BCUT2D eigenvalue weighted by Gasteiger charge is -2.14. The summed E-state index contributed by atoms with van der Waals surface area (Å²) in [6.45, 7) is 2.93. The first-order valence-electron chi connectivity index (χ1n) is 5.20. The summed E-state index contributed by atoms with van der Waals surface area (Å²) < 4.78 is 0.879. The van der Waals surface area contributed by atoms with Crippen molar-refractivity contribution >= 4 is 38.6 Å². The maximum Gasteiger partial charge on any atom is 0.0970 e. The molecule has 2 aromatic rings. The summed E-state index contributed by atoms with van der Waals surface area (Å²) >= 11 is 5.10. The van der Waals surface area contributed by atoms with Gasteiger partial charge in [-0.2, -0.15) is 0 Å². The molecule has 0 bridgehead atoms. The fraction of sp³-hybridized carbons (Fsp3) is 0.273. The molecule has 0 fully saturated rings. The summed E-state index contributed by atoms with van der Waals surface area (Å²) in [5.41, 5.74) is 7.39. The molecular weight excluding hydrogens is 300 g/mol. The Kier molecular flexibility index (Phi) is 3.96. The van der Waals surface area contributed by atoms with E-state index in [0.717, 1.165) is 21.7 Å². The number of nitrogens with zero attached hydrogens (tertiary/aromatic N) is 2. The van der Waals surface area contributed by atoms with Crippen LogP contribution in [0, 0.1) is 0 Å². The summed E-state index contributed by atoms with van der Waals surface area (Å²) in [5.74, 6) is 0.356. The van der Waals surface area contributed by atoms with Gasteiger partial charge in [0.1, 0.15) is 0 Å². The molecule has 2 aromatic heterocycles. The number of rotatable bonds is 4. The molecule has 2 heterocycles. The molecule has 4 nitrogen and oxygen atoms in total. The van der Waals surface area contributed by atoms with E-state index >= 15 is 0 Å². The monoisotopic (exact) mass is 312 g/mol. The Labute approximate surface area is 112 Å². The molecule has 3 N–H and O–H groups in total. The predicted molar refractivity (Wildman–Crippen MR) is 75.4 cm³/mol. The van der Waals surface area contributed by atoms with Gasteiger partial charge in [0.25, 0.3) is 0 Å². The molecule has 1 atom stereocenters. The van der Waals surface area contributed by atoms with Gasteiger partial charge in [-0.3, -0.25) is 4.98 Å². The highest BCUT2D eigenvalue weighted by molar-refractivity contribution is 9.10. The van der Waals surface area contributed by atoms with E-state index in [1.165, 1.54) is 0 Å². The summed E-state index contributed by atoms with van der Waals surface area (Å²) in [4.78, 5) is 8.30. The van der Waals surface area contributed by atoms with Crippen molar-refractivity contribution in [3.8, 4) is 0 Å². The van der Waals surface area contributed by atoms with Gasteiger partial charge in [-0.05, 0) is 15.9 Å². The van der Waals surface area contributed by atoms with E-state index in [9.17, 15) is 0 Å². The number of pyridine rings is 1. The van der Waals surface area contributed by atoms with Crippen molar-refractivity contribution in [2.45, 2.75) is 12.8 Å². The Morgan fingerprint density at radius 3 is 3.00 bits per heavy atom. The van der Waals surface area contributed by atoms with Crippen molar-refractivity contribution in [2.75, 3.05) is 17.6 Å². The zero-order valence-electron chi connectivity index (χ0n) is 9.35. The van der Waals surface area contributed by atoms with Crippen molar-refractivity contribution < 1.29 is 0 Å². The number of nitrogens with two attached hydrogens (primary N) is 1. The first-order valence-corrected chi connectivity index (χ1v) is 6.88. The highest BCUT2D eigenvalue weighted by Gasteiger charge is 2.10. The molecule has 0 saturated heterocycles. The van der Waals surface area contributed by atoms with Crippen molar-refractivity contribution in [3.63, 3.8) is 0 Å². The maximum absolute atomic E-state index is 5.86. The van der Waals surface area contributed by atoms with Crippen LogP contribution in [0.4, 0.5) is 11.4 Å². The van der Waals surface area contributed by atoms with Crippen molar-refractivity contribution in [2.24, 2.45) is 0 Å². The molecule has 0 aliphatic heterocycles. The van der Waals surface area contributed by atoms with Crippen LogP contribution in [0.2, 0.25) is 0 Å². The van der Waals surface area contributed by atoms with Crippen LogP contribution in [0.5, 0.6) is 0 Å². The Morgan fingerprint density at radius 2 is 2.35 bits per heavy atom. The highest BCUT2D eigenvalue weighted by atomic mass is 79.9. The lowest BCUT2D eigenvalue weighted by atomic mass is 10.2. The molecule has 0 saturated carbocycles. The van der Waals surface area contributed by atoms with Gasteiger partial charge in [-0.25, -0.2) is 4.98 Å².